The van der Waals surface area contributed by atoms with Crippen LogP contribution in [0.4, 0.5) is 11.4 Å². The molecule has 0 saturated carbocycles. The quantitative estimate of drug-likeness (QED) is 0.364. The number of carbonyl (C=O) groups excluding carboxylic acids is 3. The average Bonchev–Trinajstić information content (AvgIpc) is 3.28. The maximum Gasteiger partial charge on any atom is 0.341 e. The fourth-order valence-electron chi connectivity index (χ4n) is 3.25. The number of rotatable bonds is 9. The molecule has 164 valence electrons. The summed E-state index contributed by atoms with van der Waals surface area (Å²) in [5.74, 6) is -2.25. The zero-order valence-electron chi connectivity index (χ0n) is 17.4. The van der Waals surface area contributed by atoms with E-state index < -0.39 is 35.4 Å². The lowest BCUT2D eigenvalue weighted by atomic mass is 9.99. The van der Waals surface area contributed by atoms with Crippen molar-refractivity contribution >= 4 is 29.2 Å². The number of hydrogen-bond donors (Lipinski definition) is 1. The highest BCUT2D eigenvalue weighted by atomic mass is 16.6. The SMILES string of the molecule is CC[C@@H](C)[C@@H](NC(=O)COC(=O)c1cc([N+](=O)[O-])ccc1N1CCCC1)C(=O)OC. The summed E-state index contributed by atoms with van der Waals surface area (Å²) >= 11 is 0. The second kappa shape index (κ2) is 10.6. The number of ether oxygens (including phenoxy) is 2. The molecule has 30 heavy (non-hydrogen) atoms. The number of carbonyl (C=O) groups is 3. The fourth-order valence-corrected chi connectivity index (χ4v) is 3.25. The van der Waals surface area contributed by atoms with Crippen LogP contribution >= 0.6 is 0 Å². The van der Waals surface area contributed by atoms with Crippen molar-refractivity contribution < 1.29 is 28.8 Å². The molecular weight excluding hydrogens is 394 g/mol. The van der Waals surface area contributed by atoms with E-state index >= 15 is 0 Å². The van der Waals surface area contributed by atoms with Gasteiger partial charge in [0, 0.05) is 25.2 Å². The molecule has 1 aromatic carbocycles. The highest BCUT2D eigenvalue weighted by molar-refractivity contribution is 5.98. The number of non-ortho nitro benzene ring substituents is 1. The Morgan fingerprint density at radius 1 is 1.27 bits per heavy atom. The van der Waals surface area contributed by atoms with E-state index in [4.69, 9.17) is 9.47 Å². The number of hydrogen-bond acceptors (Lipinski definition) is 8. The minimum atomic E-state index is -0.857. The van der Waals surface area contributed by atoms with E-state index in [0.29, 0.717) is 12.1 Å². The van der Waals surface area contributed by atoms with Gasteiger partial charge >= 0.3 is 11.9 Å². The van der Waals surface area contributed by atoms with Gasteiger partial charge in [0.05, 0.1) is 23.3 Å². The van der Waals surface area contributed by atoms with Crippen molar-refractivity contribution in [3.63, 3.8) is 0 Å². The minimum Gasteiger partial charge on any atom is -0.467 e. The summed E-state index contributed by atoms with van der Waals surface area (Å²) in [6.45, 7) is 4.50. The summed E-state index contributed by atoms with van der Waals surface area (Å²) in [5, 5.41) is 13.6. The van der Waals surface area contributed by atoms with Gasteiger partial charge in [0.1, 0.15) is 6.04 Å². The third kappa shape index (κ3) is 5.68. The Labute approximate surface area is 174 Å². The van der Waals surface area contributed by atoms with Crippen LogP contribution in [0.25, 0.3) is 0 Å². The molecule has 0 bridgehead atoms. The number of esters is 2. The Kier molecular flexibility index (Phi) is 8.14. The first-order valence-electron chi connectivity index (χ1n) is 9.86. The van der Waals surface area contributed by atoms with E-state index in [-0.39, 0.29) is 17.2 Å². The van der Waals surface area contributed by atoms with E-state index in [1.165, 1.54) is 19.2 Å². The lowest BCUT2D eigenvalue weighted by Gasteiger charge is -2.22. The molecule has 1 aliphatic heterocycles. The second-order valence-electron chi connectivity index (χ2n) is 7.18. The molecule has 2 atom stereocenters. The number of nitrogens with zero attached hydrogens (tertiary/aromatic N) is 2. The summed E-state index contributed by atoms with van der Waals surface area (Å²) in [5.41, 5.74) is 0.331. The number of methoxy groups -OCH3 is 1. The molecule has 0 aromatic heterocycles. The van der Waals surface area contributed by atoms with E-state index in [0.717, 1.165) is 32.0 Å². The van der Waals surface area contributed by atoms with Gasteiger partial charge in [-0.25, -0.2) is 9.59 Å². The van der Waals surface area contributed by atoms with Crippen LogP contribution in [0.2, 0.25) is 0 Å². The van der Waals surface area contributed by atoms with E-state index in [2.05, 4.69) is 5.32 Å². The molecule has 0 unspecified atom stereocenters. The first-order valence-corrected chi connectivity index (χ1v) is 9.86. The van der Waals surface area contributed by atoms with Crippen molar-refractivity contribution in [2.45, 2.75) is 39.2 Å². The molecule has 1 N–H and O–H groups in total. The number of nitro benzene ring substituents is 1. The highest BCUT2D eigenvalue weighted by Crippen LogP contribution is 2.29. The Balaban J connectivity index is 2.11. The van der Waals surface area contributed by atoms with Gasteiger partial charge in [0.25, 0.3) is 11.6 Å². The van der Waals surface area contributed by atoms with Crippen molar-refractivity contribution in [1.82, 2.24) is 5.32 Å². The van der Waals surface area contributed by atoms with Crippen molar-refractivity contribution in [2.75, 3.05) is 31.7 Å². The smallest absolute Gasteiger partial charge is 0.341 e. The molecule has 10 nitrogen and oxygen atoms in total. The number of nitrogens with one attached hydrogen (secondary N) is 1. The molecular formula is C20H27N3O7. The maximum atomic E-state index is 12.6. The van der Waals surface area contributed by atoms with Gasteiger partial charge in [-0.3, -0.25) is 14.9 Å². The van der Waals surface area contributed by atoms with Crippen LogP contribution in [-0.4, -0.2) is 55.6 Å². The predicted molar refractivity (Wildman–Crippen MR) is 108 cm³/mol. The van der Waals surface area contributed by atoms with Gasteiger partial charge in [0.15, 0.2) is 6.61 Å². The topological polar surface area (TPSA) is 128 Å². The zero-order valence-corrected chi connectivity index (χ0v) is 17.4. The van der Waals surface area contributed by atoms with Crippen LogP contribution in [0.1, 0.15) is 43.5 Å². The third-order valence-corrected chi connectivity index (χ3v) is 5.18. The van der Waals surface area contributed by atoms with Crippen molar-refractivity contribution in [2.24, 2.45) is 5.92 Å². The number of anilines is 1. The first kappa shape index (κ1) is 23.1. The van der Waals surface area contributed by atoms with Crippen LogP contribution in [0.3, 0.4) is 0 Å². The van der Waals surface area contributed by atoms with Gasteiger partial charge in [-0.05, 0) is 24.8 Å². The Morgan fingerprint density at radius 2 is 1.93 bits per heavy atom. The Bertz CT molecular complexity index is 806. The third-order valence-electron chi connectivity index (χ3n) is 5.18. The Morgan fingerprint density at radius 3 is 2.50 bits per heavy atom. The minimum absolute atomic E-state index is 0.0327. The first-order chi connectivity index (χ1) is 14.3. The van der Waals surface area contributed by atoms with Gasteiger partial charge in [0.2, 0.25) is 0 Å². The average molecular weight is 421 g/mol. The molecule has 10 heteroatoms. The lowest BCUT2D eigenvalue weighted by molar-refractivity contribution is -0.384. The van der Waals surface area contributed by atoms with E-state index in [9.17, 15) is 24.5 Å². The van der Waals surface area contributed by atoms with Gasteiger partial charge < -0.3 is 19.7 Å². The van der Waals surface area contributed by atoms with Crippen LogP contribution in [-0.2, 0) is 19.1 Å². The normalized spacial score (nSPS) is 15.2. The van der Waals surface area contributed by atoms with Crippen LogP contribution in [0.15, 0.2) is 18.2 Å². The van der Waals surface area contributed by atoms with Crippen molar-refractivity contribution in [3.8, 4) is 0 Å². The number of nitro groups is 1. The lowest BCUT2D eigenvalue weighted by Crippen LogP contribution is -2.47. The maximum absolute atomic E-state index is 12.6. The van der Waals surface area contributed by atoms with Gasteiger partial charge in [-0.15, -0.1) is 0 Å². The molecule has 0 radical (unpaired) electrons. The molecule has 1 saturated heterocycles. The zero-order chi connectivity index (χ0) is 22.3. The summed E-state index contributed by atoms with van der Waals surface area (Å²) < 4.78 is 9.81. The summed E-state index contributed by atoms with van der Waals surface area (Å²) in [6, 6.07) is 3.16. The molecule has 0 aliphatic carbocycles. The molecule has 1 amide bonds. The molecule has 1 aromatic rings. The monoisotopic (exact) mass is 421 g/mol. The molecule has 2 rings (SSSR count). The molecule has 1 aliphatic rings. The summed E-state index contributed by atoms with van der Waals surface area (Å²) in [4.78, 5) is 49.2. The van der Waals surface area contributed by atoms with Gasteiger partial charge in [-0.2, -0.15) is 0 Å². The molecule has 0 spiro atoms. The standard InChI is InChI=1S/C20H27N3O7/c1-4-13(2)18(20(26)29-3)21-17(24)12-30-19(25)15-11-14(23(27)28)7-8-16(15)22-9-5-6-10-22/h7-8,11,13,18H,4-6,9-10,12H2,1-3H3,(H,21,24)/t13-,18-/m1/s1. The second-order valence-corrected chi connectivity index (χ2v) is 7.18. The molecule has 1 heterocycles. The summed E-state index contributed by atoms with van der Waals surface area (Å²) in [6.07, 6.45) is 2.55. The Hall–Kier alpha value is -3.17. The highest BCUT2D eigenvalue weighted by Gasteiger charge is 2.28. The van der Waals surface area contributed by atoms with E-state index in [1.54, 1.807) is 6.92 Å². The van der Waals surface area contributed by atoms with Crippen molar-refractivity contribution in [1.29, 1.82) is 0 Å². The van der Waals surface area contributed by atoms with Crippen LogP contribution < -0.4 is 10.2 Å². The number of benzene rings is 1. The van der Waals surface area contributed by atoms with Gasteiger partial charge in [-0.1, -0.05) is 20.3 Å². The van der Waals surface area contributed by atoms with Crippen LogP contribution in [0.5, 0.6) is 0 Å². The number of amides is 1. The predicted octanol–water partition coefficient (Wildman–Crippen LogP) is 2.06. The van der Waals surface area contributed by atoms with E-state index in [1.807, 2.05) is 11.8 Å². The van der Waals surface area contributed by atoms with Crippen molar-refractivity contribution in [3.05, 3.63) is 33.9 Å². The summed E-state index contributed by atoms with van der Waals surface area (Å²) in [7, 11) is 1.23. The largest absolute Gasteiger partial charge is 0.467 e. The fraction of sp³-hybridized carbons (Fsp3) is 0.550. The molecule has 1 fully saturated rings. The van der Waals surface area contributed by atoms with Crippen LogP contribution in [0, 0.1) is 16.0 Å².